The Labute approximate surface area is 131 Å². The minimum atomic E-state index is -0.195. The second-order valence-corrected chi connectivity index (χ2v) is 7.92. The number of aliphatic hydroxyl groups excluding tert-OH is 1. The molecule has 0 bridgehead atoms. The van der Waals surface area contributed by atoms with E-state index in [4.69, 9.17) is 0 Å². The van der Waals surface area contributed by atoms with E-state index in [1.165, 1.54) is 4.88 Å². The van der Waals surface area contributed by atoms with Crippen molar-refractivity contribution in [3.63, 3.8) is 0 Å². The van der Waals surface area contributed by atoms with Crippen molar-refractivity contribution in [2.45, 2.75) is 64.6 Å². The summed E-state index contributed by atoms with van der Waals surface area (Å²) in [5.41, 5.74) is -0.0368. The Balaban J connectivity index is 1.93. The van der Waals surface area contributed by atoms with E-state index in [0.717, 1.165) is 25.7 Å². The molecule has 3 N–H and O–H groups in total. The molecule has 118 valence electrons. The molecular formula is C16H26N2O2S. The monoisotopic (exact) mass is 310 g/mol. The molecule has 1 aromatic rings. The highest BCUT2D eigenvalue weighted by Gasteiger charge is 2.29. The summed E-state index contributed by atoms with van der Waals surface area (Å²) in [5.74, 6) is 0. The summed E-state index contributed by atoms with van der Waals surface area (Å²) in [6.45, 7) is 6.40. The zero-order valence-electron chi connectivity index (χ0n) is 13.1. The lowest BCUT2D eigenvalue weighted by molar-refractivity contribution is 0.117. The van der Waals surface area contributed by atoms with Crippen molar-refractivity contribution in [2.75, 3.05) is 0 Å². The second-order valence-electron chi connectivity index (χ2n) is 6.94. The standard InChI is InChI=1S/C16H26N2O2S/c1-16(2,3)14(13-5-4-10-21-13)18-15(20)17-11-6-8-12(19)9-7-11/h4-5,10-12,14,19H,6-9H2,1-3H3,(H2,17,18,20). The van der Waals surface area contributed by atoms with Crippen LogP contribution in [0.25, 0.3) is 0 Å². The molecule has 4 nitrogen and oxygen atoms in total. The van der Waals surface area contributed by atoms with Crippen LogP contribution in [0.4, 0.5) is 4.79 Å². The van der Waals surface area contributed by atoms with Gasteiger partial charge in [0, 0.05) is 10.9 Å². The highest BCUT2D eigenvalue weighted by Crippen LogP contribution is 2.35. The SMILES string of the molecule is CC(C)(C)C(NC(=O)NC1CCC(O)CC1)c1cccs1. The van der Waals surface area contributed by atoms with Gasteiger partial charge in [-0.3, -0.25) is 0 Å². The molecule has 1 aliphatic rings. The molecule has 0 spiro atoms. The Morgan fingerprint density at radius 3 is 2.52 bits per heavy atom. The van der Waals surface area contributed by atoms with Gasteiger partial charge in [-0.15, -0.1) is 11.3 Å². The summed E-state index contributed by atoms with van der Waals surface area (Å²) in [6, 6.07) is 4.16. The van der Waals surface area contributed by atoms with Gasteiger partial charge >= 0.3 is 6.03 Å². The van der Waals surface area contributed by atoms with Crippen LogP contribution in [-0.4, -0.2) is 23.3 Å². The Morgan fingerprint density at radius 1 is 1.33 bits per heavy atom. The predicted molar refractivity (Wildman–Crippen MR) is 86.4 cm³/mol. The fourth-order valence-corrected chi connectivity index (χ4v) is 3.77. The first-order valence-electron chi connectivity index (χ1n) is 7.65. The number of carbonyl (C=O) groups is 1. The third-order valence-corrected chi connectivity index (χ3v) is 4.94. The van der Waals surface area contributed by atoms with Gasteiger partial charge in [-0.25, -0.2) is 4.79 Å². The number of rotatable bonds is 3. The molecule has 1 atom stereocenters. The summed E-state index contributed by atoms with van der Waals surface area (Å²) in [5, 5.41) is 17.7. The molecule has 1 fully saturated rings. The lowest BCUT2D eigenvalue weighted by Gasteiger charge is -2.32. The highest BCUT2D eigenvalue weighted by atomic mass is 32.1. The molecule has 1 saturated carbocycles. The molecule has 2 amide bonds. The van der Waals surface area contributed by atoms with E-state index in [9.17, 15) is 9.90 Å². The number of aliphatic hydroxyl groups is 1. The Kier molecular flexibility index (Phi) is 5.27. The van der Waals surface area contributed by atoms with Gasteiger partial charge < -0.3 is 15.7 Å². The van der Waals surface area contributed by atoms with E-state index < -0.39 is 0 Å². The maximum atomic E-state index is 12.3. The number of hydrogen-bond acceptors (Lipinski definition) is 3. The van der Waals surface area contributed by atoms with Crippen LogP contribution in [0, 0.1) is 5.41 Å². The van der Waals surface area contributed by atoms with Crippen molar-refractivity contribution in [1.29, 1.82) is 0 Å². The first-order valence-corrected chi connectivity index (χ1v) is 8.52. The summed E-state index contributed by atoms with van der Waals surface area (Å²) >= 11 is 1.67. The molecule has 21 heavy (non-hydrogen) atoms. The maximum Gasteiger partial charge on any atom is 0.315 e. The molecule has 1 heterocycles. The molecule has 0 aliphatic heterocycles. The Morgan fingerprint density at radius 2 is 2.00 bits per heavy atom. The fourth-order valence-electron chi connectivity index (χ4n) is 2.75. The topological polar surface area (TPSA) is 61.4 Å². The van der Waals surface area contributed by atoms with Crippen LogP contribution in [0.15, 0.2) is 17.5 Å². The minimum absolute atomic E-state index is 0.00619. The number of thiophene rings is 1. The first kappa shape index (κ1) is 16.3. The van der Waals surface area contributed by atoms with Gasteiger partial charge in [-0.1, -0.05) is 26.8 Å². The zero-order valence-corrected chi connectivity index (χ0v) is 13.9. The minimum Gasteiger partial charge on any atom is -0.393 e. The third kappa shape index (κ3) is 4.71. The van der Waals surface area contributed by atoms with Crippen molar-refractivity contribution < 1.29 is 9.90 Å². The molecule has 0 radical (unpaired) electrons. The summed E-state index contributed by atoms with van der Waals surface area (Å²) in [7, 11) is 0. The van der Waals surface area contributed by atoms with E-state index in [1.54, 1.807) is 11.3 Å². The number of amides is 2. The van der Waals surface area contributed by atoms with Crippen LogP contribution in [-0.2, 0) is 0 Å². The summed E-state index contributed by atoms with van der Waals surface area (Å²) in [4.78, 5) is 13.4. The fraction of sp³-hybridized carbons (Fsp3) is 0.688. The van der Waals surface area contributed by atoms with Crippen molar-refractivity contribution in [2.24, 2.45) is 5.41 Å². The number of hydrogen-bond donors (Lipinski definition) is 3. The highest BCUT2D eigenvalue weighted by molar-refractivity contribution is 7.10. The van der Waals surface area contributed by atoms with Crippen molar-refractivity contribution in [1.82, 2.24) is 10.6 Å². The molecule has 0 saturated heterocycles. The number of nitrogens with one attached hydrogen (secondary N) is 2. The van der Waals surface area contributed by atoms with Crippen LogP contribution in [0.1, 0.15) is 57.4 Å². The van der Waals surface area contributed by atoms with Crippen LogP contribution in [0.5, 0.6) is 0 Å². The van der Waals surface area contributed by atoms with Crippen LogP contribution < -0.4 is 10.6 Å². The second kappa shape index (κ2) is 6.79. The number of urea groups is 1. The van der Waals surface area contributed by atoms with Gasteiger partial charge in [0.1, 0.15) is 0 Å². The van der Waals surface area contributed by atoms with Gasteiger partial charge in [0.25, 0.3) is 0 Å². The number of carbonyl (C=O) groups excluding carboxylic acids is 1. The first-order chi connectivity index (χ1) is 9.86. The maximum absolute atomic E-state index is 12.3. The molecule has 0 aromatic carbocycles. The predicted octanol–water partition coefficient (Wildman–Crippen LogP) is 3.44. The summed E-state index contributed by atoms with van der Waals surface area (Å²) in [6.07, 6.45) is 3.07. The molecule has 1 aromatic heterocycles. The Bertz CT molecular complexity index is 445. The van der Waals surface area contributed by atoms with Crippen molar-refractivity contribution in [3.8, 4) is 0 Å². The summed E-state index contributed by atoms with van der Waals surface area (Å²) < 4.78 is 0. The van der Waals surface area contributed by atoms with Gasteiger partial charge in [-0.2, -0.15) is 0 Å². The third-order valence-electron chi connectivity index (χ3n) is 4.00. The molecular weight excluding hydrogens is 284 g/mol. The van der Waals surface area contributed by atoms with E-state index in [0.29, 0.717) is 0 Å². The lowest BCUT2D eigenvalue weighted by Crippen LogP contribution is -2.47. The van der Waals surface area contributed by atoms with Crippen LogP contribution >= 0.6 is 11.3 Å². The smallest absolute Gasteiger partial charge is 0.315 e. The van der Waals surface area contributed by atoms with E-state index in [1.807, 2.05) is 11.4 Å². The average molecular weight is 310 g/mol. The molecule has 1 unspecified atom stereocenters. The van der Waals surface area contributed by atoms with E-state index in [-0.39, 0.29) is 29.6 Å². The average Bonchev–Trinajstić information content (AvgIpc) is 2.91. The Hall–Kier alpha value is -1.07. The van der Waals surface area contributed by atoms with Crippen molar-refractivity contribution in [3.05, 3.63) is 22.4 Å². The zero-order chi connectivity index (χ0) is 15.5. The van der Waals surface area contributed by atoms with E-state index >= 15 is 0 Å². The molecule has 2 rings (SSSR count). The van der Waals surface area contributed by atoms with Gasteiger partial charge in [0.05, 0.1) is 12.1 Å². The van der Waals surface area contributed by atoms with Crippen LogP contribution in [0.3, 0.4) is 0 Å². The van der Waals surface area contributed by atoms with Gasteiger partial charge in [0.2, 0.25) is 0 Å². The lowest BCUT2D eigenvalue weighted by atomic mass is 9.86. The van der Waals surface area contributed by atoms with Crippen molar-refractivity contribution >= 4 is 17.4 Å². The normalized spacial score (nSPS) is 24.4. The largest absolute Gasteiger partial charge is 0.393 e. The quantitative estimate of drug-likeness (QED) is 0.801. The molecule has 1 aliphatic carbocycles. The van der Waals surface area contributed by atoms with Gasteiger partial charge in [0.15, 0.2) is 0 Å². The van der Waals surface area contributed by atoms with Crippen LogP contribution in [0.2, 0.25) is 0 Å². The molecule has 5 heteroatoms. The van der Waals surface area contributed by atoms with Gasteiger partial charge in [-0.05, 0) is 42.5 Å². The van der Waals surface area contributed by atoms with E-state index in [2.05, 4.69) is 37.5 Å².